The molecule has 0 radical (unpaired) electrons. The van der Waals surface area contributed by atoms with Gasteiger partial charge < -0.3 is 25.5 Å². The number of aromatic hydroxyl groups is 5. The van der Waals surface area contributed by atoms with Gasteiger partial charge in [0, 0.05) is 35.7 Å². The average Bonchev–Trinajstić information content (AvgIpc) is 3.06. The van der Waals surface area contributed by atoms with Gasteiger partial charge >= 0.3 is 0 Å². The number of hydrogen-bond acceptors (Lipinski definition) is 5. The summed E-state index contributed by atoms with van der Waals surface area (Å²) in [7, 11) is 0. The molecule has 0 heterocycles. The van der Waals surface area contributed by atoms with Crippen LogP contribution in [0.1, 0.15) is 55.6 Å². The Morgan fingerprint density at radius 1 is 0.277 bits per heavy atom. The van der Waals surface area contributed by atoms with Gasteiger partial charge in [0.2, 0.25) is 0 Å². The molecule has 0 saturated carbocycles. The summed E-state index contributed by atoms with van der Waals surface area (Å²) in [4.78, 5) is 0. The van der Waals surface area contributed by atoms with Crippen molar-refractivity contribution in [3.05, 3.63) is 181 Å². The van der Waals surface area contributed by atoms with Gasteiger partial charge in [-0.1, -0.05) is 109 Å². The van der Waals surface area contributed by atoms with Crippen molar-refractivity contribution in [3.8, 4) is 28.7 Å². The summed E-state index contributed by atoms with van der Waals surface area (Å²) in [5.41, 5.74) is 6.68. The molecule has 7 rings (SSSR count). The quantitative estimate of drug-likeness (QED) is 0.100. The summed E-state index contributed by atoms with van der Waals surface area (Å²) in [5.74, 6) is 0.635. The molecule has 10 bridgehead atoms. The highest BCUT2D eigenvalue weighted by atomic mass is 127. The van der Waals surface area contributed by atoms with Crippen LogP contribution >= 0.6 is 22.6 Å². The first-order valence-corrected chi connectivity index (χ1v) is 16.6. The number of phenols is 5. The van der Waals surface area contributed by atoms with E-state index < -0.39 is 0 Å². The van der Waals surface area contributed by atoms with E-state index in [-0.39, 0.29) is 28.7 Å². The molecule has 0 aromatic heterocycles. The van der Waals surface area contributed by atoms with Crippen molar-refractivity contribution in [1.82, 2.24) is 0 Å². The zero-order valence-electron chi connectivity index (χ0n) is 25.7. The maximum Gasteiger partial charge on any atom is 0.122 e. The second kappa shape index (κ2) is 14.2. The molecule has 0 atom stereocenters. The van der Waals surface area contributed by atoms with Crippen molar-refractivity contribution in [1.29, 1.82) is 0 Å². The smallest absolute Gasteiger partial charge is 0.122 e. The maximum atomic E-state index is 11.2. The third kappa shape index (κ3) is 7.23. The van der Waals surface area contributed by atoms with E-state index in [0.717, 1.165) is 0 Å². The molecule has 6 aromatic rings. The number of para-hydroxylation sites is 5. The maximum absolute atomic E-state index is 11.2. The number of fused-ring (bicyclic) bond motifs is 10. The highest BCUT2D eigenvalue weighted by molar-refractivity contribution is 14.1. The molecule has 5 nitrogen and oxygen atoms in total. The fourth-order valence-electron chi connectivity index (χ4n) is 6.09. The molecule has 6 heteroatoms. The van der Waals surface area contributed by atoms with Crippen LogP contribution in [-0.4, -0.2) is 25.5 Å². The minimum Gasteiger partial charge on any atom is -0.507 e. The molecular formula is C41H35IO5. The molecule has 0 amide bonds. The van der Waals surface area contributed by atoms with Crippen molar-refractivity contribution < 1.29 is 25.5 Å². The van der Waals surface area contributed by atoms with E-state index >= 15 is 0 Å². The zero-order valence-corrected chi connectivity index (χ0v) is 27.9. The first-order chi connectivity index (χ1) is 22.8. The molecule has 5 N–H and O–H groups in total. The van der Waals surface area contributed by atoms with Crippen LogP contribution in [0.3, 0.4) is 0 Å². The number of phenolic OH excluding ortho intramolecular Hbond substituents is 5. The molecule has 0 aliphatic heterocycles. The van der Waals surface area contributed by atoms with Crippen LogP contribution < -0.4 is 0 Å². The normalized spacial score (nSPS) is 12.4. The minimum atomic E-state index is 0.127. The molecule has 0 saturated heterocycles. The van der Waals surface area contributed by atoms with Gasteiger partial charge in [-0.15, -0.1) is 0 Å². The van der Waals surface area contributed by atoms with Crippen molar-refractivity contribution in [2.45, 2.75) is 32.1 Å². The molecular weight excluding hydrogens is 699 g/mol. The lowest BCUT2D eigenvalue weighted by atomic mass is 9.91. The fraction of sp³-hybridized carbons (Fsp3) is 0.122. The minimum absolute atomic E-state index is 0.127. The summed E-state index contributed by atoms with van der Waals surface area (Å²) >= 11 is 2.28. The Morgan fingerprint density at radius 2 is 0.468 bits per heavy atom. The molecule has 0 unspecified atom stereocenters. The second-order valence-corrected chi connectivity index (χ2v) is 13.0. The summed E-state index contributed by atoms with van der Waals surface area (Å²) in [6.45, 7) is 0. The van der Waals surface area contributed by atoms with Crippen LogP contribution in [0.15, 0.2) is 121 Å². The largest absolute Gasteiger partial charge is 0.507 e. The van der Waals surface area contributed by atoms with Crippen molar-refractivity contribution >= 4 is 22.6 Å². The van der Waals surface area contributed by atoms with Crippen LogP contribution in [0.2, 0.25) is 0 Å². The van der Waals surface area contributed by atoms with Gasteiger partial charge in [0.25, 0.3) is 0 Å². The Labute approximate surface area is 288 Å². The molecule has 6 aromatic carbocycles. The Morgan fingerprint density at radius 3 is 0.617 bits per heavy atom. The third-order valence-corrected chi connectivity index (χ3v) is 9.37. The van der Waals surface area contributed by atoms with Gasteiger partial charge in [-0.05, 0) is 90.4 Å². The molecule has 47 heavy (non-hydrogen) atoms. The second-order valence-electron chi connectivity index (χ2n) is 11.8. The Kier molecular flexibility index (Phi) is 9.68. The molecule has 236 valence electrons. The van der Waals surface area contributed by atoms with E-state index in [9.17, 15) is 25.5 Å². The van der Waals surface area contributed by atoms with E-state index in [1.165, 1.54) is 3.57 Å². The summed E-state index contributed by atoms with van der Waals surface area (Å²) in [6, 6.07) is 37.9. The first-order valence-electron chi connectivity index (χ1n) is 15.5. The Bertz CT molecular complexity index is 1640. The molecule has 0 fully saturated rings. The van der Waals surface area contributed by atoms with Gasteiger partial charge in [-0.3, -0.25) is 0 Å². The van der Waals surface area contributed by atoms with Crippen LogP contribution in [0, 0.1) is 3.57 Å². The van der Waals surface area contributed by atoms with E-state index in [1.54, 1.807) is 0 Å². The SMILES string of the molecule is Ic1ccccc1.Oc1c2cccc1Cc1cccc(c1O)Cc1cccc(c1O)Cc1cccc(c1O)Cc1cccc(c1O)C2. The van der Waals surface area contributed by atoms with Crippen LogP contribution in [0.25, 0.3) is 0 Å². The van der Waals surface area contributed by atoms with Gasteiger partial charge in [0.15, 0.2) is 0 Å². The molecule has 0 spiro atoms. The van der Waals surface area contributed by atoms with Crippen molar-refractivity contribution in [3.63, 3.8) is 0 Å². The predicted octanol–water partition coefficient (Wildman–Crippen LogP) is 8.77. The third-order valence-electron chi connectivity index (χ3n) is 8.65. The standard InChI is InChI=1S/C35H30O5.C6H5I/c36-31-21-6-1-7-22(31)17-24-9-3-11-26(33(24)38)19-28-13-5-15-30(35(28)40)20-29-14-4-12-27(34(29)39)18-25-10-2-8-23(16-21)32(25)37;7-6-4-2-1-3-5-6/h1-15,36-40H,16-20H2;1-5H. The lowest BCUT2D eigenvalue weighted by molar-refractivity contribution is 0.451. The highest BCUT2D eigenvalue weighted by Crippen LogP contribution is 2.37. The topological polar surface area (TPSA) is 101 Å². The summed E-state index contributed by atoms with van der Waals surface area (Å²) in [6.07, 6.45) is 1.62. The number of hydrogen-bond donors (Lipinski definition) is 5. The van der Waals surface area contributed by atoms with E-state index in [0.29, 0.717) is 87.7 Å². The van der Waals surface area contributed by atoms with Gasteiger partial charge in [0.05, 0.1) is 0 Å². The fourth-order valence-corrected chi connectivity index (χ4v) is 6.50. The summed E-state index contributed by atoms with van der Waals surface area (Å²) < 4.78 is 1.29. The van der Waals surface area contributed by atoms with Crippen LogP contribution in [0.5, 0.6) is 28.7 Å². The van der Waals surface area contributed by atoms with Gasteiger partial charge in [-0.25, -0.2) is 0 Å². The lowest BCUT2D eigenvalue weighted by Gasteiger charge is -2.16. The van der Waals surface area contributed by atoms with Gasteiger partial charge in [0.1, 0.15) is 28.7 Å². The van der Waals surface area contributed by atoms with Crippen molar-refractivity contribution in [2.75, 3.05) is 0 Å². The van der Waals surface area contributed by atoms with Crippen molar-refractivity contribution in [2.24, 2.45) is 0 Å². The lowest BCUT2D eigenvalue weighted by Crippen LogP contribution is -2.00. The number of halogens is 1. The van der Waals surface area contributed by atoms with E-state index in [2.05, 4.69) is 34.7 Å². The number of benzene rings is 6. The van der Waals surface area contributed by atoms with E-state index in [4.69, 9.17) is 0 Å². The highest BCUT2D eigenvalue weighted by Gasteiger charge is 2.18. The van der Waals surface area contributed by atoms with E-state index in [1.807, 2.05) is 109 Å². The summed E-state index contributed by atoms with van der Waals surface area (Å²) in [5, 5.41) is 55.9. The molecule has 1 aliphatic carbocycles. The molecule has 1 aliphatic rings. The zero-order chi connectivity index (χ0) is 32.9. The Hall–Kier alpha value is -4.95. The predicted molar refractivity (Wildman–Crippen MR) is 194 cm³/mol. The monoisotopic (exact) mass is 734 g/mol. The van der Waals surface area contributed by atoms with Crippen LogP contribution in [-0.2, 0) is 32.1 Å². The van der Waals surface area contributed by atoms with Gasteiger partial charge in [-0.2, -0.15) is 0 Å². The Balaban J connectivity index is 0.000000491. The first kappa shape index (κ1) is 32.0. The number of rotatable bonds is 0. The average molecular weight is 735 g/mol. The van der Waals surface area contributed by atoms with Crippen LogP contribution in [0.4, 0.5) is 0 Å².